The lowest BCUT2D eigenvalue weighted by atomic mass is 10.0. The monoisotopic (exact) mass is 310 g/mol. The highest BCUT2D eigenvalue weighted by Crippen LogP contribution is 2.04. The summed E-state index contributed by atoms with van der Waals surface area (Å²) in [6.07, 6.45) is 4.46. The molecule has 0 aliphatic rings. The molecule has 0 heterocycles. The molecule has 6 heteroatoms. The highest BCUT2D eigenvalue weighted by atomic mass is 16.2. The molecule has 126 valence electrons. The van der Waals surface area contributed by atoms with Crippen molar-refractivity contribution in [3.63, 3.8) is 0 Å². The lowest BCUT2D eigenvalue weighted by molar-refractivity contribution is -0.130. The summed E-state index contributed by atoms with van der Waals surface area (Å²) in [5, 5.41) is 8.54. The van der Waals surface area contributed by atoms with Crippen LogP contribution in [0, 0.1) is 5.92 Å². The highest BCUT2D eigenvalue weighted by molar-refractivity contribution is 5.90. The van der Waals surface area contributed by atoms with Crippen molar-refractivity contribution in [2.45, 2.75) is 45.7 Å². The van der Waals surface area contributed by atoms with Gasteiger partial charge in [-0.25, -0.2) is 0 Å². The quantitative estimate of drug-likeness (QED) is 0.446. The minimum atomic E-state index is -0.598. The molecule has 0 aromatic rings. The Morgan fingerprint density at radius 1 is 1.27 bits per heavy atom. The molecular formula is C16H30N4O2. The number of rotatable bonds is 10. The zero-order valence-corrected chi connectivity index (χ0v) is 14.1. The Morgan fingerprint density at radius 3 is 2.36 bits per heavy atom. The van der Waals surface area contributed by atoms with E-state index in [1.54, 1.807) is 26.1 Å². The van der Waals surface area contributed by atoms with Gasteiger partial charge in [-0.2, -0.15) is 0 Å². The third kappa shape index (κ3) is 7.38. The molecule has 0 spiro atoms. The second-order valence-corrected chi connectivity index (χ2v) is 5.58. The average molecular weight is 310 g/mol. The molecule has 0 bridgehead atoms. The SMILES string of the molecule is C=C/C=C(\C)NC(=O)[C@H](CCCN)NC(=O)[C@@H](NC)C(C)C. The molecule has 0 fully saturated rings. The number of hydrogen-bond donors (Lipinski definition) is 4. The number of carbonyl (C=O) groups is 2. The molecule has 0 saturated heterocycles. The van der Waals surface area contributed by atoms with E-state index in [-0.39, 0.29) is 23.8 Å². The first-order valence-corrected chi connectivity index (χ1v) is 7.65. The van der Waals surface area contributed by atoms with E-state index in [9.17, 15) is 9.59 Å². The summed E-state index contributed by atoms with van der Waals surface area (Å²) in [6.45, 7) is 9.73. The molecule has 0 aromatic carbocycles. The molecule has 5 N–H and O–H groups in total. The van der Waals surface area contributed by atoms with E-state index in [2.05, 4.69) is 22.5 Å². The predicted molar refractivity (Wildman–Crippen MR) is 90.0 cm³/mol. The van der Waals surface area contributed by atoms with Crippen molar-refractivity contribution in [1.82, 2.24) is 16.0 Å². The van der Waals surface area contributed by atoms with E-state index in [4.69, 9.17) is 5.73 Å². The van der Waals surface area contributed by atoms with E-state index in [1.165, 1.54) is 0 Å². The second kappa shape index (κ2) is 11.0. The molecule has 2 amide bonds. The van der Waals surface area contributed by atoms with E-state index in [0.717, 1.165) is 0 Å². The lowest BCUT2D eigenvalue weighted by Gasteiger charge is -2.24. The molecule has 0 unspecified atom stereocenters. The van der Waals surface area contributed by atoms with Gasteiger partial charge in [0.25, 0.3) is 0 Å². The van der Waals surface area contributed by atoms with Crippen LogP contribution in [0.1, 0.15) is 33.6 Å². The molecular weight excluding hydrogens is 280 g/mol. The molecule has 0 aromatic heterocycles. The molecule has 0 saturated carbocycles. The van der Waals surface area contributed by atoms with Gasteiger partial charge in [0.2, 0.25) is 11.8 Å². The van der Waals surface area contributed by atoms with Crippen LogP contribution in [0.5, 0.6) is 0 Å². The predicted octanol–water partition coefficient (Wildman–Crippen LogP) is 0.660. The van der Waals surface area contributed by atoms with Crippen LogP contribution >= 0.6 is 0 Å². The van der Waals surface area contributed by atoms with Crippen LogP contribution in [-0.4, -0.2) is 37.5 Å². The standard InChI is InChI=1S/C16H30N4O2/c1-6-8-12(4)19-15(21)13(9-7-10-17)20-16(22)14(18-5)11(2)3/h6,8,11,13-14,18H,1,7,9-10,17H2,2-5H3,(H,19,21)(H,20,22)/b12-8+/t13-,14-/m0/s1. The Balaban J connectivity index is 4.89. The summed E-state index contributed by atoms with van der Waals surface area (Å²) < 4.78 is 0. The van der Waals surface area contributed by atoms with Crippen molar-refractivity contribution in [2.75, 3.05) is 13.6 Å². The smallest absolute Gasteiger partial charge is 0.246 e. The summed E-state index contributed by atoms with van der Waals surface area (Å²) in [5.74, 6) is -0.290. The summed E-state index contributed by atoms with van der Waals surface area (Å²) in [5.41, 5.74) is 6.19. The van der Waals surface area contributed by atoms with Gasteiger partial charge in [-0.3, -0.25) is 9.59 Å². The summed E-state index contributed by atoms with van der Waals surface area (Å²) in [7, 11) is 1.73. The number of carbonyl (C=O) groups excluding carboxylic acids is 2. The normalized spacial score (nSPS) is 14.4. The minimum Gasteiger partial charge on any atom is -0.343 e. The summed E-state index contributed by atoms with van der Waals surface area (Å²) >= 11 is 0. The van der Waals surface area contributed by atoms with Crippen LogP contribution < -0.4 is 21.7 Å². The first-order chi connectivity index (χ1) is 10.4. The van der Waals surface area contributed by atoms with E-state index in [1.807, 2.05) is 13.8 Å². The van der Waals surface area contributed by atoms with Crippen LogP contribution in [0.15, 0.2) is 24.4 Å². The van der Waals surface area contributed by atoms with Gasteiger partial charge >= 0.3 is 0 Å². The van der Waals surface area contributed by atoms with Crippen LogP contribution in [0.25, 0.3) is 0 Å². The first kappa shape index (κ1) is 20.3. The van der Waals surface area contributed by atoms with Gasteiger partial charge in [-0.15, -0.1) is 0 Å². The van der Waals surface area contributed by atoms with Gasteiger partial charge in [0.15, 0.2) is 0 Å². The van der Waals surface area contributed by atoms with Crippen molar-refractivity contribution in [2.24, 2.45) is 11.7 Å². The third-order valence-electron chi connectivity index (χ3n) is 3.28. The zero-order valence-electron chi connectivity index (χ0n) is 14.1. The van der Waals surface area contributed by atoms with E-state index >= 15 is 0 Å². The van der Waals surface area contributed by atoms with Crippen molar-refractivity contribution in [1.29, 1.82) is 0 Å². The molecule has 2 atom stereocenters. The molecule has 0 aliphatic heterocycles. The number of nitrogens with one attached hydrogen (secondary N) is 3. The number of amides is 2. The Bertz CT molecular complexity index is 405. The fraction of sp³-hybridized carbons (Fsp3) is 0.625. The second-order valence-electron chi connectivity index (χ2n) is 5.58. The van der Waals surface area contributed by atoms with E-state index < -0.39 is 6.04 Å². The van der Waals surface area contributed by atoms with Gasteiger partial charge in [0, 0.05) is 5.70 Å². The topological polar surface area (TPSA) is 96.2 Å². The summed E-state index contributed by atoms with van der Waals surface area (Å²) in [4.78, 5) is 24.6. The largest absolute Gasteiger partial charge is 0.343 e. The van der Waals surface area contributed by atoms with Crippen molar-refractivity contribution < 1.29 is 9.59 Å². The lowest BCUT2D eigenvalue weighted by Crippen LogP contribution is -2.53. The van der Waals surface area contributed by atoms with Crippen molar-refractivity contribution in [3.05, 3.63) is 24.4 Å². The Hall–Kier alpha value is -1.66. The molecule has 6 nitrogen and oxygen atoms in total. The molecule has 0 rings (SSSR count). The maximum Gasteiger partial charge on any atom is 0.246 e. The number of hydrogen-bond acceptors (Lipinski definition) is 4. The highest BCUT2D eigenvalue weighted by Gasteiger charge is 2.26. The maximum atomic E-state index is 12.3. The Labute approximate surface area is 133 Å². The first-order valence-electron chi connectivity index (χ1n) is 7.65. The Morgan fingerprint density at radius 2 is 1.91 bits per heavy atom. The average Bonchev–Trinajstić information content (AvgIpc) is 2.43. The number of nitrogens with two attached hydrogens (primary N) is 1. The van der Waals surface area contributed by atoms with Crippen LogP contribution in [0.4, 0.5) is 0 Å². The number of allylic oxidation sites excluding steroid dienone is 3. The van der Waals surface area contributed by atoms with Crippen LogP contribution in [0.2, 0.25) is 0 Å². The molecule has 22 heavy (non-hydrogen) atoms. The van der Waals surface area contributed by atoms with Crippen LogP contribution in [0.3, 0.4) is 0 Å². The van der Waals surface area contributed by atoms with Crippen LogP contribution in [-0.2, 0) is 9.59 Å². The van der Waals surface area contributed by atoms with Gasteiger partial charge < -0.3 is 21.7 Å². The molecule has 0 radical (unpaired) electrons. The number of likely N-dealkylation sites (N-methyl/N-ethyl adjacent to an activating group) is 1. The van der Waals surface area contributed by atoms with Gasteiger partial charge in [0.1, 0.15) is 6.04 Å². The van der Waals surface area contributed by atoms with Gasteiger partial charge in [0.05, 0.1) is 6.04 Å². The summed E-state index contributed by atoms with van der Waals surface area (Å²) in [6, 6.07) is -0.934. The fourth-order valence-electron chi connectivity index (χ4n) is 2.12. The fourth-order valence-corrected chi connectivity index (χ4v) is 2.12. The maximum absolute atomic E-state index is 12.3. The third-order valence-corrected chi connectivity index (χ3v) is 3.28. The van der Waals surface area contributed by atoms with E-state index in [0.29, 0.717) is 25.1 Å². The van der Waals surface area contributed by atoms with Gasteiger partial charge in [-0.1, -0.05) is 26.5 Å². The Kier molecular flexibility index (Phi) is 10.2. The van der Waals surface area contributed by atoms with Crippen molar-refractivity contribution >= 4 is 11.8 Å². The minimum absolute atomic E-state index is 0.130. The zero-order chi connectivity index (χ0) is 17.1. The van der Waals surface area contributed by atoms with Crippen molar-refractivity contribution in [3.8, 4) is 0 Å². The molecule has 0 aliphatic carbocycles. The van der Waals surface area contributed by atoms with Gasteiger partial charge in [-0.05, 0) is 45.4 Å².